The average Bonchev–Trinajstić information content (AvgIpc) is 2.86. The number of cyclic esters (lactones) is 1. The molecular weight excluding hydrogens is 302 g/mol. The van der Waals surface area contributed by atoms with Crippen molar-refractivity contribution >= 4 is 38.4 Å². The Morgan fingerprint density at radius 3 is 2.86 bits per heavy atom. The highest BCUT2D eigenvalue weighted by molar-refractivity contribution is 7.22. The molecule has 1 aromatic carbocycles. The lowest BCUT2D eigenvalue weighted by Crippen LogP contribution is -2.47. The number of ketones is 1. The highest BCUT2D eigenvalue weighted by atomic mass is 32.1. The number of hydrogen-bond acceptors (Lipinski definition) is 7. The summed E-state index contributed by atoms with van der Waals surface area (Å²) in [6, 6.07) is 7.32. The summed E-state index contributed by atoms with van der Waals surface area (Å²) in [5.41, 5.74) is 6.87. The number of hydrazine groups is 1. The zero-order valence-corrected chi connectivity index (χ0v) is 12.9. The number of benzene rings is 1. The number of esters is 1. The number of aromatic nitrogens is 1. The van der Waals surface area contributed by atoms with Gasteiger partial charge in [0.2, 0.25) is 0 Å². The molecule has 0 saturated carbocycles. The van der Waals surface area contributed by atoms with E-state index in [9.17, 15) is 9.59 Å². The monoisotopic (exact) mass is 317 g/mol. The lowest BCUT2D eigenvalue weighted by molar-refractivity contribution is -0.149. The minimum atomic E-state index is -0.856. The standard InChI is InChI=1S/C15H15N3O3S/c1-8-7-11(13(9(2)19)14(20)21-8)17-18-15-16-10-5-3-4-6-12(10)22-15/h3-7,11,13,17H,1-2H3,(H,16,18). The molecule has 0 radical (unpaired) electrons. The van der Waals surface area contributed by atoms with Crippen LogP contribution in [0, 0.1) is 5.92 Å². The van der Waals surface area contributed by atoms with E-state index in [0.717, 1.165) is 10.2 Å². The molecular formula is C15H15N3O3S. The number of allylic oxidation sites excluding steroid dienone is 1. The Morgan fingerprint density at radius 2 is 2.14 bits per heavy atom. The highest BCUT2D eigenvalue weighted by Gasteiger charge is 2.36. The number of carbonyl (C=O) groups excluding carboxylic acids is 2. The van der Waals surface area contributed by atoms with Crippen molar-refractivity contribution in [3.05, 3.63) is 36.1 Å². The molecule has 22 heavy (non-hydrogen) atoms. The number of nitrogens with one attached hydrogen (secondary N) is 2. The van der Waals surface area contributed by atoms with Gasteiger partial charge in [0.05, 0.1) is 16.3 Å². The van der Waals surface area contributed by atoms with Gasteiger partial charge in [-0.05, 0) is 32.1 Å². The molecule has 0 amide bonds. The molecule has 6 nitrogen and oxygen atoms in total. The van der Waals surface area contributed by atoms with E-state index in [-0.39, 0.29) is 5.78 Å². The molecule has 1 aliphatic heterocycles. The number of para-hydroxylation sites is 1. The van der Waals surface area contributed by atoms with E-state index < -0.39 is 17.9 Å². The lowest BCUT2D eigenvalue weighted by atomic mass is 9.94. The second-order valence-corrected chi connectivity index (χ2v) is 6.10. The van der Waals surface area contributed by atoms with Gasteiger partial charge in [-0.3, -0.25) is 15.0 Å². The van der Waals surface area contributed by atoms with Crippen molar-refractivity contribution in [3.8, 4) is 0 Å². The predicted octanol–water partition coefficient (Wildman–Crippen LogP) is 2.25. The van der Waals surface area contributed by atoms with Gasteiger partial charge in [0.15, 0.2) is 5.13 Å². The van der Waals surface area contributed by atoms with Crippen LogP contribution in [0.25, 0.3) is 10.2 Å². The molecule has 0 saturated heterocycles. The smallest absolute Gasteiger partial charge is 0.323 e. The minimum Gasteiger partial charge on any atom is -0.431 e. The summed E-state index contributed by atoms with van der Waals surface area (Å²) in [6.45, 7) is 3.06. The van der Waals surface area contributed by atoms with Crippen LogP contribution in [-0.2, 0) is 14.3 Å². The lowest BCUT2D eigenvalue weighted by Gasteiger charge is -2.26. The molecule has 3 rings (SSSR count). The van der Waals surface area contributed by atoms with E-state index in [0.29, 0.717) is 10.9 Å². The summed E-state index contributed by atoms with van der Waals surface area (Å²) in [7, 11) is 0. The fourth-order valence-electron chi connectivity index (χ4n) is 2.37. The maximum absolute atomic E-state index is 11.8. The van der Waals surface area contributed by atoms with Crippen molar-refractivity contribution < 1.29 is 14.3 Å². The van der Waals surface area contributed by atoms with Gasteiger partial charge >= 0.3 is 5.97 Å². The van der Waals surface area contributed by atoms with Gasteiger partial charge in [-0.15, -0.1) is 0 Å². The van der Waals surface area contributed by atoms with Gasteiger partial charge in [-0.2, -0.15) is 0 Å². The molecule has 2 unspecified atom stereocenters. The maximum atomic E-state index is 11.8. The molecule has 0 bridgehead atoms. The first-order valence-electron chi connectivity index (χ1n) is 6.82. The number of fused-ring (bicyclic) bond motifs is 1. The number of rotatable bonds is 4. The zero-order valence-electron chi connectivity index (χ0n) is 12.1. The van der Waals surface area contributed by atoms with Crippen molar-refractivity contribution in [3.63, 3.8) is 0 Å². The number of thiazole rings is 1. The molecule has 2 aromatic rings. The Bertz CT molecular complexity index is 735. The minimum absolute atomic E-state index is 0.239. The molecule has 0 aliphatic carbocycles. The summed E-state index contributed by atoms with van der Waals surface area (Å²) < 4.78 is 6.07. The van der Waals surface area contributed by atoms with Crippen molar-refractivity contribution in [2.24, 2.45) is 5.92 Å². The van der Waals surface area contributed by atoms with Crippen molar-refractivity contribution in [1.29, 1.82) is 0 Å². The van der Waals surface area contributed by atoms with E-state index in [1.165, 1.54) is 18.3 Å². The summed E-state index contributed by atoms with van der Waals surface area (Å²) >= 11 is 1.49. The topological polar surface area (TPSA) is 80.3 Å². The third kappa shape index (κ3) is 2.86. The molecule has 1 aromatic heterocycles. The highest BCUT2D eigenvalue weighted by Crippen LogP contribution is 2.25. The Labute approximate surface area is 131 Å². The van der Waals surface area contributed by atoms with Crippen molar-refractivity contribution in [2.45, 2.75) is 19.9 Å². The maximum Gasteiger partial charge on any atom is 0.323 e. The number of nitrogens with zero attached hydrogens (tertiary/aromatic N) is 1. The van der Waals surface area contributed by atoms with Crippen LogP contribution in [0.3, 0.4) is 0 Å². The van der Waals surface area contributed by atoms with Crippen LogP contribution < -0.4 is 10.9 Å². The molecule has 0 spiro atoms. The third-order valence-corrected chi connectivity index (χ3v) is 4.32. The largest absolute Gasteiger partial charge is 0.431 e. The van der Waals surface area contributed by atoms with Gasteiger partial charge < -0.3 is 4.74 Å². The second-order valence-electron chi connectivity index (χ2n) is 5.07. The Hall–Kier alpha value is -2.25. The van der Waals surface area contributed by atoms with Crippen molar-refractivity contribution in [1.82, 2.24) is 10.4 Å². The summed E-state index contributed by atoms with van der Waals surface area (Å²) in [5, 5.41) is 0.675. The first-order valence-corrected chi connectivity index (χ1v) is 7.64. The van der Waals surface area contributed by atoms with Gasteiger partial charge in [-0.1, -0.05) is 23.5 Å². The van der Waals surface area contributed by atoms with Gasteiger partial charge in [0.25, 0.3) is 0 Å². The van der Waals surface area contributed by atoms with Gasteiger partial charge in [0.1, 0.15) is 17.5 Å². The first kappa shape index (κ1) is 14.7. The average molecular weight is 317 g/mol. The molecule has 2 N–H and O–H groups in total. The molecule has 114 valence electrons. The Morgan fingerprint density at radius 1 is 1.36 bits per heavy atom. The zero-order chi connectivity index (χ0) is 15.7. The number of Topliss-reactive ketones (excluding diaryl/α,β-unsaturated/α-hetero) is 1. The number of ether oxygens (including phenoxy) is 1. The number of hydrogen-bond donors (Lipinski definition) is 2. The Balaban J connectivity index is 1.77. The first-order chi connectivity index (χ1) is 10.5. The number of carbonyl (C=O) groups is 2. The SMILES string of the molecule is CC(=O)C1C(=O)OC(C)=CC1NNc1nc2ccccc2s1. The second kappa shape index (κ2) is 5.86. The molecule has 0 fully saturated rings. The summed E-state index contributed by atoms with van der Waals surface area (Å²) in [6.07, 6.45) is 1.72. The molecule has 1 aliphatic rings. The van der Waals surface area contributed by atoms with Crippen LogP contribution >= 0.6 is 11.3 Å². The summed E-state index contributed by atoms with van der Waals surface area (Å²) in [5.74, 6) is -1.15. The van der Waals surface area contributed by atoms with Crippen LogP contribution in [0.4, 0.5) is 5.13 Å². The number of anilines is 1. The van der Waals surface area contributed by atoms with Crippen molar-refractivity contribution in [2.75, 3.05) is 5.43 Å². The normalized spacial score (nSPS) is 21.4. The third-order valence-electron chi connectivity index (χ3n) is 3.37. The van der Waals surface area contributed by atoms with Crippen LogP contribution in [0.5, 0.6) is 0 Å². The van der Waals surface area contributed by atoms with E-state index in [4.69, 9.17) is 4.74 Å². The van der Waals surface area contributed by atoms with Gasteiger partial charge in [-0.25, -0.2) is 10.4 Å². The Kier molecular flexibility index (Phi) is 3.91. The van der Waals surface area contributed by atoms with Crippen LogP contribution in [0.15, 0.2) is 36.1 Å². The summed E-state index contributed by atoms with van der Waals surface area (Å²) in [4.78, 5) is 27.9. The molecule has 7 heteroatoms. The quantitative estimate of drug-likeness (QED) is 0.511. The fraction of sp³-hybridized carbons (Fsp3) is 0.267. The van der Waals surface area contributed by atoms with E-state index in [1.54, 1.807) is 13.0 Å². The molecule has 2 atom stereocenters. The predicted molar refractivity (Wildman–Crippen MR) is 84.2 cm³/mol. The van der Waals surface area contributed by atoms with Crippen LogP contribution in [-0.4, -0.2) is 22.8 Å². The van der Waals surface area contributed by atoms with Gasteiger partial charge in [0, 0.05) is 0 Å². The van der Waals surface area contributed by atoms with E-state index >= 15 is 0 Å². The van der Waals surface area contributed by atoms with Crippen LogP contribution in [0.1, 0.15) is 13.8 Å². The van der Waals surface area contributed by atoms with Crippen LogP contribution in [0.2, 0.25) is 0 Å². The van der Waals surface area contributed by atoms with E-state index in [1.807, 2.05) is 24.3 Å². The van der Waals surface area contributed by atoms with E-state index in [2.05, 4.69) is 15.8 Å². The fourth-order valence-corrected chi connectivity index (χ4v) is 3.19. The molecule has 2 heterocycles.